The zero-order valence-corrected chi connectivity index (χ0v) is 29.7. The first-order valence-electron chi connectivity index (χ1n) is 14.5. The third-order valence-corrected chi connectivity index (χ3v) is 7.32. The largest absolute Gasteiger partial charge is 2.00 e. The van der Waals surface area contributed by atoms with E-state index in [2.05, 4.69) is 124 Å². The molecule has 0 atom stereocenters. The molecule has 7 heteroatoms. The van der Waals surface area contributed by atoms with Gasteiger partial charge in [0.05, 0.1) is 5.69 Å². The quantitative estimate of drug-likeness (QED) is 0.247. The Morgan fingerprint density at radius 1 is 0.585 bits per heavy atom. The van der Waals surface area contributed by atoms with E-state index in [0.29, 0.717) is 23.7 Å². The van der Waals surface area contributed by atoms with E-state index in [9.17, 15) is 0 Å². The number of pyridine rings is 1. The molecule has 0 spiro atoms. The van der Waals surface area contributed by atoms with Crippen molar-refractivity contribution in [3.8, 4) is 0 Å². The van der Waals surface area contributed by atoms with Gasteiger partial charge in [-0.1, -0.05) is 97.9 Å². The van der Waals surface area contributed by atoms with Crippen LogP contribution >= 0.6 is 0 Å². The van der Waals surface area contributed by atoms with E-state index >= 15 is 0 Å². The third kappa shape index (κ3) is 11.6. The van der Waals surface area contributed by atoms with E-state index in [0.717, 1.165) is 38.4 Å². The summed E-state index contributed by atoms with van der Waals surface area (Å²) in [5.41, 5.74) is 9.37. The fraction of sp³-hybridized carbons (Fsp3) is 0.500. The first-order chi connectivity index (χ1) is 18.2. The third-order valence-electron chi connectivity index (χ3n) is 7.32. The zero-order chi connectivity index (χ0) is 27.7. The molecule has 0 aliphatic heterocycles. The Hall–Kier alpha value is -1.53. The van der Waals surface area contributed by atoms with Gasteiger partial charge in [0.2, 0.25) is 0 Å². The predicted octanol–water partition coefficient (Wildman–Crippen LogP) is 2.61. The van der Waals surface area contributed by atoms with Crippen LogP contribution in [0, 0.1) is 0 Å². The maximum absolute atomic E-state index is 4.62. The summed E-state index contributed by atoms with van der Waals surface area (Å²) in [5.74, 6) is 1.95. The van der Waals surface area contributed by atoms with Gasteiger partial charge in [-0.3, -0.25) is 9.88 Å². The van der Waals surface area contributed by atoms with Crippen LogP contribution < -0.4 is 35.4 Å². The summed E-state index contributed by atoms with van der Waals surface area (Å²) in [5, 5.41) is 7.67. The van der Waals surface area contributed by atoms with Crippen LogP contribution in [-0.4, -0.2) is 36.1 Å². The van der Waals surface area contributed by atoms with Crippen LogP contribution in [0.15, 0.2) is 60.8 Å². The van der Waals surface area contributed by atoms with Crippen LogP contribution in [0.1, 0.15) is 107 Å². The molecule has 2 aromatic carbocycles. The molecule has 0 aliphatic carbocycles. The maximum Gasteiger partial charge on any atom is 2.00 e. The number of nitrogens with one attached hydrogen (secondary N) is 2. The summed E-state index contributed by atoms with van der Waals surface area (Å²) in [4.78, 5) is 7.13. The second-order valence-electron chi connectivity index (χ2n) is 11.7. The Labute approximate surface area is 278 Å². The van der Waals surface area contributed by atoms with Crippen molar-refractivity contribution < 1.29 is 47.2 Å². The molecular formula is C34H50AuCl2N4. The van der Waals surface area contributed by atoms with E-state index < -0.39 is 0 Å². The number of halogens is 2. The SMILES string of the molecule is CC(C)c1cccc(C(C)C)c1NCCN(CCNc1c(C(C)C)cccc1C(C)C)Cc1ccccn1.[Au+2].[Cl-].[Cl-]. The van der Waals surface area contributed by atoms with Crippen molar-refractivity contribution in [2.45, 2.75) is 85.6 Å². The van der Waals surface area contributed by atoms with Crippen LogP contribution in [0.2, 0.25) is 0 Å². The fourth-order valence-corrected chi connectivity index (χ4v) is 5.18. The van der Waals surface area contributed by atoms with Crippen molar-refractivity contribution in [3.63, 3.8) is 0 Å². The number of hydrogen-bond acceptors (Lipinski definition) is 4. The van der Waals surface area contributed by atoms with Gasteiger partial charge in [0, 0.05) is 50.3 Å². The monoisotopic (exact) mass is 781 g/mol. The minimum Gasteiger partial charge on any atom is -1.00 e. The fourth-order valence-electron chi connectivity index (χ4n) is 5.18. The zero-order valence-electron chi connectivity index (χ0n) is 26.1. The average Bonchev–Trinajstić information content (AvgIpc) is 2.88. The van der Waals surface area contributed by atoms with Gasteiger partial charge in [0.25, 0.3) is 0 Å². The summed E-state index contributed by atoms with van der Waals surface area (Å²) in [6.07, 6.45) is 1.89. The molecule has 1 radical (unpaired) electrons. The number of nitrogens with zero attached hydrogens (tertiary/aromatic N) is 2. The number of anilines is 2. The van der Waals surface area contributed by atoms with Crippen LogP contribution in [0.3, 0.4) is 0 Å². The molecule has 0 saturated heterocycles. The van der Waals surface area contributed by atoms with Crippen molar-refractivity contribution in [3.05, 3.63) is 88.7 Å². The Kier molecular flexibility index (Phi) is 18.9. The van der Waals surface area contributed by atoms with Crippen molar-refractivity contribution in [2.24, 2.45) is 0 Å². The average molecular weight is 783 g/mol. The minimum atomic E-state index is 0. The maximum atomic E-state index is 4.62. The smallest absolute Gasteiger partial charge is 1.00 e. The molecule has 0 fully saturated rings. The van der Waals surface area contributed by atoms with E-state index in [4.69, 9.17) is 0 Å². The van der Waals surface area contributed by atoms with Gasteiger partial charge in [-0.15, -0.1) is 0 Å². The van der Waals surface area contributed by atoms with Crippen molar-refractivity contribution in [2.75, 3.05) is 36.8 Å². The van der Waals surface area contributed by atoms with E-state index in [1.807, 2.05) is 12.3 Å². The second kappa shape index (κ2) is 19.6. The predicted molar refractivity (Wildman–Crippen MR) is 166 cm³/mol. The Morgan fingerprint density at radius 2 is 0.976 bits per heavy atom. The molecule has 0 amide bonds. The summed E-state index contributed by atoms with van der Waals surface area (Å²) in [6, 6.07) is 19.7. The summed E-state index contributed by atoms with van der Waals surface area (Å²) < 4.78 is 0. The van der Waals surface area contributed by atoms with Gasteiger partial charge in [0.1, 0.15) is 0 Å². The first kappa shape index (κ1) is 39.5. The molecule has 3 rings (SSSR count). The van der Waals surface area contributed by atoms with Crippen molar-refractivity contribution >= 4 is 11.4 Å². The normalized spacial score (nSPS) is 11.0. The Balaban J connectivity index is 0.00000533. The summed E-state index contributed by atoms with van der Waals surface area (Å²) in [7, 11) is 0. The second-order valence-corrected chi connectivity index (χ2v) is 11.7. The van der Waals surface area contributed by atoms with Crippen molar-refractivity contribution in [1.82, 2.24) is 9.88 Å². The topological polar surface area (TPSA) is 40.2 Å². The van der Waals surface area contributed by atoms with Crippen LogP contribution in [0.4, 0.5) is 11.4 Å². The molecule has 0 aliphatic rings. The summed E-state index contributed by atoms with van der Waals surface area (Å²) >= 11 is 0. The first-order valence-corrected chi connectivity index (χ1v) is 14.5. The number of benzene rings is 2. The molecule has 3 aromatic rings. The molecule has 0 bridgehead atoms. The molecule has 231 valence electrons. The van der Waals surface area contributed by atoms with Gasteiger partial charge in [-0.2, -0.15) is 0 Å². The molecule has 1 heterocycles. The Bertz CT molecular complexity index is 1010. The Morgan fingerprint density at radius 3 is 1.29 bits per heavy atom. The van der Waals surface area contributed by atoms with Gasteiger partial charge in [0.15, 0.2) is 0 Å². The summed E-state index contributed by atoms with van der Waals surface area (Å²) in [6.45, 7) is 22.8. The molecule has 41 heavy (non-hydrogen) atoms. The van der Waals surface area contributed by atoms with Crippen LogP contribution in [-0.2, 0) is 28.9 Å². The number of aromatic nitrogens is 1. The molecule has 1 aromatic heterocycles. The molecular weight excluding hydrogens is 732 g/mol. The van der Waals surface area contributed by atoms with Gasteiger partial charge < -0.3 is 35.4 Å². The number of para-hydroxylation sites is 2. The van der Waals surface area contributed by atoms with Crippen LogP contribution in [0.5, 0.6) is 0 Å². The minimum absolute atomic E-state index is 0. The van der Waals surface area contributed by atoms with Crippen LogP contribution in [0.25, 0.3) is 0 Å². The van der Waals surface area contributed by atoms with E-state index in [-0.39, 0.29) is 47.2 Å². The molecule has 0 unspecified atom stereocenters. The molecule has 2 N–H and O–H groups in total. The van der Waals surface area contributed by atoms with Crippen molar-refractivity contribution in [1.29, 1.82) is 0 Å². The van der Waals surface area contributed by atoms with Gasteiger partial charge in [-0.25, -0.2) is 0 Å². The molecule has 0 saturated carbocycles. The number of hydrogen-bond donors (Lipinski definition) is 2. The van der Waals surface area contributed by atoms with Gasteiger partial charge in [-0.05, 0) is 58.1 Å². The van der Waals surface area contributed by atoms with E-state index in [1.54, 1.807) is 0 Å². The number of rotatable bonds is 14. The standard InChI is InChI=1S/C34H50N4.Au.2ClH/c1-24(2)29-14-11-15-30(25(3)4)33(29)36-19-21-38(23-28-13-9-10-18-35-28)22-20-37-34-31(26(5)6)16-12-17-32(34)27(7)8;;;/h9-18,24-27,36-37H,19-23H2,1-8H3;;2*1H/q;+2;;/p-2. The van der Waals surface area contributed by atoms with E-state index in [1.165, 1.54) is 33.6 Å². The van der Waals surface area contributed by atoms with Gasteiger partial charge >= 0.3 is 22.4 Å². The molecule has 4 nitrogen and oxygen atoms in total.